The molecule has 0 amide bonds. The number of hydrogen-bond acceptors (Lipinski definition) is 1. The summed E-state index contributed by atoms with van der Waals surface area (Å²) < 4.78 is 0. The van der Waals surface area contributed by atoms with E-state index >= 15 is 0 Å². The van der Waals surface area contributed by atoms with Crippen molar-refractivity contribution in [2.75, 3.05) is 0 Å². The number of hydrogen-bond donors (Lipinski definition) is 0. The van der Waals surface area contributed by atoms with Crippen molar-refractivity contribution in [3.8, 4) is 12.3 Å². The van der Waals surface area contributed by atoms with Crippen LogP contribution < -0.4 is 0 Å². The van der Waals surface area contributed by atoms with Gasteiger partial charge in [-0.2, -0.15) is 0 Å². The molecule has 0 radical (unpaired) electrons. The molecule has 0 spiro atoms. The van der Waals surface area contributed by atoms with Crippen LogP contribution in [0, 0.1) is 12.3 Å². The van der Waals surface area contributed by atoms with E-state index < -0.39 is 0 Å². The maximum absolute atomic E-state index is 5.52. The number of rotatable bonds is 17. The summed E-state index contributed by atoms with van der Waals surface area (Å²) in [5, 5.41) is 2.12. The number of thiophene rings is 1. The van der Waals surface area contributed by atoms with Gasteiger partial charge in [0.25, 0.3) is 0 Å². The largest absolute Gasteiger partial charge is 0.135 e. The quantitative estimate of drug-likeness (QED) is 0.193. The molecule has 0 N–H and O–H groups in total. The molecule has 0 saturated heterocycles. The predicted molar refractivity (Wildman–Crippen MR) is 116 cm³/mol. The third kappa shape index (κ3) is 12.3. The molecule has 0 bridgehead atoms. The summed E-state index contributed by atoms with van der Waals surface area (Å²) in [5.41, 5.74) is 1.39. The third-order valence-corrected chi connectivity index (χ3v) is 6.07. The molecule has 1 aromatic rings. The number of unbranched alkanes of at least 4 members (excludes halogenated alkanes) is 15. The van der Waals surface area contributed by atoms with E-state index in [1.165, 1.54) is 115 Å². The first kappa shape index (κ1) is 22.3. The van der Waals surface area contributed by atoms with Gasteiger partial charge < -0.3 is 0 Å². The van der Waals surface area contributed by atoms with Crippen molar-refractivity contribution in [3.63, 3.8) is 0 Å². The molecular weight excluding hydrogens is 320 g/mol. The summed E-state index contributed by atoms with van der Waals surface area (Å²) in [6.07, 6.45) is 29.5. The van der Waals surface area contributed by atoms with Crippen molar-refractivity contribution >= 4 is 11.3 Å². The Morgan fingerprint density at radius 1 is 0.720 bits per heavy atom. The van der Waals surface area contributed by atoms with Crippen LogP contribution in [-0.2, 0) is 6.42 Å². The molecular formula is C24H40S. The highest BCUT2D eigenvalue weighted by Crippen LogP contribution is 2.19. The standard InChI is InChI=1S/C24H40S/c1-3-5-6-7-8-9-10-11-12-13-14-15-16-17-18-19-20-23-21-22-25-24(23)4-2/h2,21-22H,3,5-20H2,1H3. The first-order chi connectivity index (χ1) is 12.4. The molecule has 0 atom stereocenters. The molecule has 0 aromatic carbocycles. The summed E-state index contributed by atoms with van der Waals surface area (Å²) in [5.74, 6) is 2.80. The van der Waals surface area contributed by atoms with Crippen molar-refractivity contribution in [2.24, 2.45) is 0 Å². The van der Waals surface area contributed by atoms with Crippen LogP contribution in [0.3, 0.4) is 0 Å². The minimum absolute atomic E-state index is 1.14. The SMILES string of the molecule is C#Cc1sccc1CCCCCCCCCCCCCCCCCC. The molecule has 0 fully saturated rings. The molecule has 0 aliphatic rings. The zero-order valence-corrected chi connectivity index (χ0v) is 17.5. The summed E-state index contributed by atoms with van der Waals surface area (Å²) in [6, 6.07) is 2.20. The van der Waals surface area contributed by atoms with Crippen molar-refractivity contribution in [1.29, 1.82) is 0 Å². The molecule has 0 aliphatic heterocycles. The summed E-state index contributed by atoms with van der Waals surface area (Å²) >= 11 is 1.70. The van der Waals surface area contributed by atoms with E-state index in [-0.39, 0.29) is 0 Å². The van der Waals surface area contributed by atoms with E-state index in [0.717, 1.165) is 4.88 Å². The average molecular weight is 361 g/mol. The maximum Gasteiger partial charge on any atom is 0.0797 e. The lowest BCUT2D eigenvalue weighted by atomic mass is 10.0. The smallest absolute Gasteiger partial charge is 0.0797 e. The summed E-state index contributed by atoms with van der Waals surface area (Å²) in [4.78, 5) is 1.14. The monoisotopic (exact) mass is 360 g/mol. The Bertz CT molecular complexity index is 437. The Labute approximate surface area is 161 Å². The molecule has 25 heavy (non-hydrogen) atoms. The van der Waals surface area contributed by atoms with E-state index in [0.29, 0.717) is 0 Å². The van der Waals surface area contributed by atoms with Gasteiger partial charge >= 0.3 is 0 Å². The molecule has 142 valence electrons. The van der Waals surface area contributed by atoms with Gasteiger partial charge in [0.2, 0.25) is 0 Å². The van der Waals surface area contributed by atoms with E-state index in [1.807, 2.05) is 0 Å². The number of terminal acetylenes is 1. The first-order valence-corrected chi connectivity index (χ1v) is 11.8. The third-order valence-electron chi connectivity index (χ3n) is 5.18. The Hall–Kier alpha value is -0.740. The van der Waals surface area contributed by atoms with Gasteiger partial charge in [-0.25, -0.2) is 0 Å². The van der Waals surface area contributed by atoms with Crippen LogP contribution in [0.5, 0.6) is 0 Å². The van der Waals surface area contributed by atoms with E-state index in [4.69, 9.17) is 6.42 Å². The maximum atomic E-state index is 5.52. The molecule has 1 heteroatoms. The second-order valence-corrected chi connectivity index (χ2v) is 8.39. The van der Waals surface area contributed by atoms with Crippen molar-refractivity contribution < 1.29 is 0 Å². The fourth-order valence-electron chi connectivity index (χ4n) is 3.52. The predicted octanol–water partition coefficient (Wildman–Crippen LogP) is 8.53. The van der Waals surface area contributed by atoms with Crippen LogP contribution in [0.25, 0.3) is 0 Å². The Balaban J connectivity index is 1.76. The molecule has 1 rings (SSSR count). The van der Waals surface area contributed by atoms with Crippen LogP contribution in [0.2, 0.25) is 0 Å². The second kappa shape index (κ2) is 16.7. The van der Waals surface area contributed by atoms with Gasteiger partial charge in [0.05, 0.1) is 4.88 Å². The van der Waals surface area contributed by atoms with E-state index in [9.17, 15) is 0 Å². The molecule has 0 aliphatic carbocycles. The minimum Gasteiger partial charge on any atom is -0.135 e. The normalized spacial score (nSPS) is 10.9. The molecule has 0 unspecified atom stereocenters. The fourth-order valence-corrected chi connectivity index (χ4v) is 4.28. The topological polar surface area (TPSA) is 0 Å². The Morgan fingerprint density at radius 2 is 1.16 bits per heavy atom. The van der Waals surface area contributed by atoms with Crippen LogP contribution in [-0.4, -0.2) is 0 Å². The first-order valence-electron chi connectivity index (χ1n) is 10.9. The Kier molecular flexibility index (Phi) is 14.9. The van der Waals surface area contributed by atoms with Crippen LogP contribution >= 0.6 is 11.3 Å². The van der Waals surface area contributed by atoms with Gasteiger partial charge in [-0.15, -0.1) is 17.8 Å². The lowest BCUT2D eigenvalue weighted by Crippen LogP contribution is -1.87. The highest BCUT2D eigenvalue weighted by molar-refractivity contribution is 7.10. The minimum atomic E-state index is 1.14. The average Bonchev–Trinajstić information content (AvgIpc) is 3.09. The number of aryl methyl sites for hydroxylation is 1. The molecule has 1 aromatic heterocycles. The van der Waals surface area contributed by atoms with Gasteiger partial charge in [0.1, 0.15) is 0 Å². The lowest BCUT2D eigenvalue weighted by molar-refractivity contribution is 0.529. The zero-order chi connectivity index (χ0) is 18.0. The van der Waals surface area contributed by atoms with E-state index in [1.54, 1.807) is 11.3 Å². The van der Waals surface area contributed by atoms with Gasteiger partial charge in [-0.05, 0) is 29.9 Å². The molecule has 0 nitrogen and oxygen atoms in total. The summed E-state index contributed by atoms with van der Waals surface area (Å²) in [7, 11) is 0. The van der Waals surface area contributed by atoms with Gasteiger partial charge in [0, 0.05) is 0 Å². The van der Waals surface area contributed by atoms with Gasteiger partial charge in [-0.1, -0.05) is 109 Å². The van der Waals surface area contributed by atoms with Crippen molar-refractivity contribution in [2.45, 2.75) is 116 Å². The highest BCUT2D eigenvalue weighted by Gasteiger charge is 2.01. The zero-order valence-electron chi connectivity index (χ0n) is 16.7. The lowest BCUT2D eigenvalue weighted by Gasteiger charge is -2.04. The molecule has 1 heterocycles. The van der Waals surface area contributed by atoms with Crippen LogP contribution in [0.1, 0.15) is 120 Å². The van der Waals surface area contributed by atoms with E-state index in [2.05, 4.69) is 24.3 Å². The fraction of sp³-hybridized carbons (Fsp3) is 0.750. The Morgan fingerprint density at radius 3 is 1.60 bits per heavy atom. The second-order valence-electron chi connectivity index (χ2n) is 7.47. The summed E-state index contributed by atoms with van der Waals surface area (Å²) in [6.45, 7) is 2.29. The van der Waals surface area contributed by atoms with Crippen molar-refractivity contribution in [3.05, 3.63) is 21.9 Å². The highest BCUT2D eigenvalue weighted by atomic mass is 32.1. The van der Waals surface area contributed by atoms with Crippen LogP contribution in [0.4, 0.5) is 0 Å². The van der Waals surface area contributed by atoms with Gasteiger partial charge in [0.15, 0.2) is 0 Å². The van der Waals surface area contributed by atoms with Crippen LogP contribution in [0.15, 0.2) is 11.4 Å². The van der Waals surface area contributed by atoms with Gasteiger partial charge in [-0.3, -0.25) is 0 Å². The molecule has 0 saturated carbocycles. The van der Waals surface area contributed by atoms with Crippen molar-refractivity contribution in [1.82, 2.24) is 0 Å².